The van der Waals surface area contributed by atoms with Gasteiger partial charge in [-0.3, -0.25) is 14.5 Å². The molecule has 0 aromatic heterocycles. The van der Waals surface area contributed by atoms with Gasteiger partial charge in [-0.05, 0) is 37.1 Å². The van der Waals surface area contributed by atoms with E-state index in [4.69, 9.17) is 0 Å². The van der Waals surface area contributed by atoms with E-state index in [9.17, 15) is 9.59 Å². The average Bonchev–Trinajstić information content (AvgIpc) is 2.84. The fourth-order valence-electron chi connectivity index (χ4n) is 2.79. The first kappa shape index (κ1) is 15.4. The Hall–Kier alpha value is -2.46. The van der Waals surface area contributed by atoms with Crippen LogP contribution in [-0.4, -0.2) is 29.8 Å². The summed E-state index contributed by atoms with van der Waals surface area (Å²) < 4.78 is 0. The van der Waals surface area contributed by atoms with Crippen LogP contribution in [0, 0.1) is 0 Å². The number of hydrogen-bond donors (Lipinski definition) is 1. The van der Waals surface area contributed by atoms with Gasteiger partial charge in [-0.1, -0.05) is 42.5 Å². The number of benzene rings is 2. The molecule has 0 fully saturated rings. The summed E-state index contributed by atoms with van der Waals surface area (Å²) in [5.41, 5.74) is 2.31. The highest BCUT2D eigenvalue weighted by Gasteiger charge is 2.34. The van der Waals surface area contributed by atoms with E-state index in [2.05, 4.69) is 17.4 Å². The lowest BCUT2D eigenvalue weighted by Gasteiger charge is -2.13. The molecule has 0 spiro atoms. The second-order valence-electron chi connectivity index (χ2n) is 5.68. The second-order valence-corrected chi connectivity index (χ2v) is 5.68. The Labute approximate surface area is 136 Å². The molecule has 1 aliphatic heterocycles. The molecule has 1 heterocycles. The van der Waals surface area contributed by atoms with E-state index in [0.29, 0.717) is 17.7 Å². The van der Waals surface area contributed by atoms with Crippen molar-refractivity contribution in [2.45, 2.75) is 19.4 Å². The Morgan fingerprint density at radius 1 is 0.783 bits per heavy atom. The molecule has 2 amide bonds. The van der Waals surface area contributed by atoms with Crippen molar-refractivity contribution in [3.63, 3.8) is 0 Å². The molecule has 3 rings (SSSR count). The minimum atomic E-state index is -0.164. The Balaban J connectivity index is 1.40. The summed E-state index contributed by atoms with van der Waals surface area (Å²) in [6.45, 7) is 2.20. The average molecular weight is 308 g/mol. The van der Waals surface area contributed by atoms with Crippen molar-refractivity contribution in [3.05, 3.63) is 71.3 Å². The SMILES string of the molecule is O=C1c2ccccc2C(=O)N1CCCCNCc1ccccc1. The molecule has 2 aromatic rings. The maximum absolute atomic E-state index is 12.2. The number of imide groups is 1. The van der Waals surface area contributed by atoms with Gasteiger partial charge in [0.05, 0.1) is 11.1 Å². The zero-order valence-electron chi connectivity index (χ0n) is 13.0. The summed E-state index contributed by atoms with van der Waals surface area (Å²) in [6.07, 6.45) is 1.74. The molecule has 118 valence electrons. The third-order valence-electron chi connectivity index (χ3n) is 4.04. The molecule has 0 radical (unpaired) electrons. The van der Waals surface area contributed by atoms with Crippen molar-refractivity contribution in [3.8, 4) is 0 Å². The van der Waals surface area contributed by atoms with Gasteiger partial charge in [-0.2, -0.15) is 0 Å². The molecular weight excluding hydrogens is 288 g/mol. The maximum atomic E-state index is 12.2. The van der Waals surface area contributed by atoms with Crippen LogP contribution in [0.25, 0.3) is 0 Å². The van der Waals surface area contributed by atoms with Gasteiger partial charge in [0.2, 0.25) is 0 Å². The van der Waals surface area contributed by atoms with Crippen molar-refractivity contribution in [1.29, 1.82) is 0 Å². The number of nitrogens with one attached hydrogen (secondary N) is 1. The molecule has 1 N–H and O–H groups in total. The number of hydrogen-bond acceptors (Lipinski definition) is 3. The van der Waals surface area contributed by atoms with Crippen molar-refractivity contribution < 1.29 is 9.59 Å². The van der Waals surface area contributed by atoms with E-state index < -0.39 is 0 Å². The van der Waals surface area contributed by atoms with Crippen LogP contribution >= 0.6 is 0 Å². The molecule has 4 heteroatoms. The maximum Gasteiger partial charge on any atom is 0.261 e. The molecule has 0 aliphatic carbocycles. The van der Waals surface area contributed by atoms with E-state index in [0.717, 1.165) is 25.9 Å². The van der Waals surface area contributed by atoms with Gasteiger partial charge in [0, 0.05) is 13.1 Å². The zero-order valence-corrected chi connectivity index (χ0v) is 13.0. The summed E-state index contributed by atoms with van der Waals surface area (Å²) >= 11 is 0. The molecule has 0 saturated heterocycles. The van der Waals surface area contributed by atoms with Crippen LogP contribution in [0.15, 0.2) is 54.6 Å². The predicted molar refractivity (Wildman–Crippen MR) is 89.2 cm³/mol. The van der Waals surface area contributed by atoms with Gasteiger partial charge in [0.25, 0.3) is 11.8 Å². The Morgan fingerprint density at radius 2 is 1.39 bits per heavy atom. The van der Waals surface area contributed by atoms with Crippen molar-refractivity contribution in [2.75, 3.05) is 13.1 Å². The van der Waals surface area contributed by atoms with Crippen LogP contribution in [0.4, 0.5) is 0 Å². The zero-order chi connectivity index (χ0) is 16.1. The molecule has 4 nitrogen and oxygen atoms in total. The monoisotopic (exact) mass is 308 g/mol. The quantitative estimate of drug-likeness (QED) is 0.632. The van der Waals surface area contributed by atoms with Crippen molar-refractivity contribution >= 4 is 11.8 Å². The molecule has 0 saturated carbocycles. The lowest BCUT2D eigenvalue weighted by molar-refractivity contribution is 0.0651. The Bertz CT molecular complexity index is 663. The van der Waals surface area contributed by atoms with Gasteiger partial charge < -0.3 is 5.32 Å². The number of carbonyl (C=O) groups is 2. The van der Waals surface area contributed by atoms with E-state index in [-0.39, 0.29) is 11.8 Å². The molecule has 1 aliphatic rings. The predicted octanol–water partition coefficient (Wildman–Crippen LogP) is 2.85. The van der Waals surface area contributed by atoms with E-state index >= 15 is 0 Å². The lowest BCUT2D eigenvalue weighted by Crippen LogP contribution is -2.31. The molecule has 0 unspecified atom stereocenters. The number of amides is 2. The lowest BCUT2D eigenvalue weighted by atomic mass is 10.1. The van der Waals surface area contributed by atoms with Gasteiger partial charge in [-0.15, -0.1) is 0 Å². The van der Waals surface area contributed by atoms with Gasteiger partial charge in [0.15, 0.2) is 0 Å². The number of carbonyl (C=O) groups excluding carboxylic acids is 2. The first-order valence-electron chi connectivity index (χ1n) is 7.97. The summed E-state index contributed by atoms with van der Waals surface area (Å²) in [5, 5.41) is 3.38. The second kappa shape index (κ2) is 7.20. The third-order valence-corrected chi connectivity index (χ3v) is 4.04. The highest BCUT2D eigenvalue weighted by molar-refractivity contribution is 6.21. The summed E-state index contributed by atoms with van der Waals surface area (Å²) in [7, 11) is 0. The standard InChI is InChI=1S/C19H20N2O2/c22-18-16-10-4-5-11-17(16)19(23)21(18)13-7-6-12-20-14-15-8-2-1-3-9-15/h1-5,8-11,20H,6-7,12-14H2. The minimum Gasteiger partial charge on any atom is -0.313 e. The highest BCUT2D eigenvalue weighted by atomic mass is 16.2. The Kier molecular flexibility index (Phi) is 4.83. The van der Waals surface area contributed by atoms with Crippen LogP contribution in [0.5, 0.6) is 0 Å². The normalized spacial score (nSPS) is 13.5. The smallest absolute Gasteiger partial charge is 0.261 e. The number of fused-ring (bicyclic) bond motifs is 1. The molecule has 2 aromatic carbocycles. The molecule has 0 atom stereocenters. The van der Waals surface area contributed by atoms with Crippen molar-refractivity contribution in [2.24, 2.45) is 0 Å². The van der Waals surface area contributed by atoms with Gasteiger partial charge in [0.1, 0.15) is 0 Å². The fraction of sp³-hybridized carbons (Fsp3) is 0.263. The Morgan fingerprint density at radius 3 is 2.04 bits per heavy atom. The molecular formula is C19H20N2O2. The largest absolute Gasteiger partial charge is 0.313 e. The fourth-order valence-corrected chi connectivity index (χ4v) is 2.79. The topological polar surface area (TPSA) is 49.4 Å². The van der Waals surface area contributed by atoms with Crippen LogP contribution in [0.1, 0.15) is 39.1 Å². The number of rotatable bonds is 7. The van der Waals surface area contributed by atoms with E-state index in [1.165, 1.54) is 10.5 Å². The highest BCUT2D eigenvalue weighted by Crippen LogP contribution is 2.22. The van der Waals surface area contributed by atoms with Crippen molar-refractivity contribution in [1.82, 2.24) is 10.2 Å². The van der Waals surface area contributed by atoms with E-state index in [1.807, 2.05) is 18.2 Å². The molecule has 23 heavy (non-hydrogen) atoms. The molecule has 0 bridgehead atoms. The number of nitrogens with zero attached hydrogens (tertiary/aromatic N) is 1. The van der Waals surface area contributed by atoms with Crippen LogP contribution in [0.2, 0.25) is 0 Å². The van der Waals surface area contributed by atoms with E-state index in [1.54, 1.807) is 24.3 Å². The first-order chi connectivity index (χ1) is 11.3. The summed E-state index contributed by atoms with van der Waals surface area (Å²) in [4.78, 5) is 25.8. The van der Waals surface area contributed by atoms with Gasteiger partial charge >= 0.3 is 0 Å². The summed E-state index contributed by atoms with van der Waals surface area (Å²) in [5.74, 6) is -0.328. The minimum absolute atomic E-state index is 0.164. The number of unbranched alkanes of at least 4 members (excludes halogenated alkanes) is 1. The third kappa shape index (κ3) is 3.48. The van der Waals surface area contributed by atoms with Crippen LogP contribution < -0.4 is 5.32 Å². The first-order valence-corrected chi connectivity index (χ1v) is 7.97. The van der Waals surface area contributed by atoms with Crippen LogP contribution in [-0.2, 0) is 6.54 Å². The van der Waals surface area contributed by atoms with Gasteiger partial charge in [-0.25, -0.2) is 0 Å². The summed E-state index contributed by atoms with van der Waals surface area (Å²) in [6, 6.07) is 17.3. The van der Waals surface area contributed by atoms with Crippen LogP contribution in [0.3, 0.4) is 0 Å².